The van der Waals surface area contributed by atoms with Gasteiger partial charge in [-0.3, -0.25) is 4.52 Å². The van der Waals surface area contributed by atoms with Gasteiger partial charge in [0.15, 0.2) is 0 Å². The quantitative estimate of drug-likeness (QED) is 0.488. The summed E-state index contributed by atoms with van der Waals surface area (Å²) in [6.07, 6.45) is 0.995. The van der Waals surface area contributed by atoms with E-state index in [0.717, 1.165) is 6.08 Å². The van der Waals surface area contributed by atoms with Gasteiger partial charge in [-0.15, -0.1) is 0 Å². The first-order valence-electron chi connectivity index (χ1n) is 2.01. The van der Waals surface area contributed by atoms with E-state index in [2.05, 4.69) is 4.52 Å². The van der Waals surface area contributed by atoms with Crippen LogP contribution in [-0.2, 0) is 9.09 Å². The third kappa shape index (κ3) is 17.7. The van der Waals surface area contributed by atoms with Gasteiger partial charge in [0.05, 0.1) is 12.9 Å². The normalized spacial score (nSPS) is 10.5. The van der Waals surface area contributed by atoms with E-state index in [1.54, 1.807) is 0 Å². The third-order valence-electron chi connectivity index (χ3n) is 0.428. The average molecular weight is 190 g/mol. The molecule has 0 amide bonds. The molecule has 0 heterocycles. The second-order valence-corrected chi connectivity index (χ2v) is 2.39. The van der Waals surface area contributed by atoms with Crippen molar-refractivity contribution in [1.82, 2.24) is 12.3 Å². The van der Waals surface area contributed by atoms with Crippen LogP contribution in [0.5, 0.6) is 0 Å². The highest BCUT2D eigenvalue weighted by Gasteiger charge is 2.10. The van der Waals surface area contributed by atoms with Gasteiger partial charge in [0.1, 0.15) is 0 Å². The zero-order valence-corrected chi connectivity index (χ0v) is 6.71. The summed E-state index contributed by atoms with van der Waals surface area (Å²) in [5, 5.41) is 0. The van der Waals surface area contributed by atoms with Gasteiger partial charge < -0.3 is 22.1 Å². The highest BCUT2D eigenvalue weighted by atomic mass is 31.2. The Balaban J connectivity index is -0.000000320. The molecule has 0 spiro atoms. The van der Waals surface area contributed by atoms with Crippen molar-refractivity contribution in [2.24, 2.45) is 0 Å². The lowest BCUT2D eigenvalue weighted by Gasteiger charge is -1.99. The summed E-state index contributed by atoms with van der Waals surface area (Å²) < 4.78 is 24.7. The lowest BCUT2D eigenvalue weighted by Crippen LogP contribution is -1.86. The van der Waals surface area contributed by atoms with Crippen LogP contribution in [0.1, 0.15) is 0 Å². The molecular formula is C3H12FN2O4P. The maximum atomic E-state index is 11.1. The summed E-state index contributed by atoms with van der Waals surface area (Å²) >= 11 is 0. The largest absolute Gasteiger partial charge is 0.469 e. The van der Waals surface area contributed by atoms with E-state index in [1.165, 1.54) is 0 Å². The lowest BCUT2D eigenvalue weighted by molar-refractivity contribution is 0.215. The average Bonchev–Trinajstić information content (AvgIpc) is 1.63. The van der Waals surface area contributed by atoms with Crippen LogP contribution in [-0.4, -0.2) is 16.4 Å². The molecule has 0 aliphatic carbocycles. The standard InChI is InChI=1S/C3H6FO4P.2H3N/c4-2-1-3-8-9(5,6)7;;/h1-2H,3H2,(H2,5,6,7);2*1H3. The minimum atomic E-state index is -4.41. The maximum absolute atomic E-state index is 11.1. The Morgan fingerprint density at radius 2 is 1.91 bits per heavy atom. The van der Waals surface area contributed by atoms with Crippen molar-refractivity contribution >= 4 is 7.82 Å². The van der Waals surface area contributed by atoms with Gasteiger partial charge in [0, 0.05) is 0 Å². The van der Waals surface area contributed by atoms with E-state index >= 15 is 0 Å². The number of halogens is 1. The SMILES string of the molecule is N.N.O=P(O)(O)OCC=CF. The fraction of sp³-hybridized carbons (Fsp3) is 0.333. The van der Waals surface area contributed by atoms with Crippen molar-refractivity contribution in [2.45, 2.75) is 0 Å². The number of hydrogen-bond donors (Lipinski definition) is 4. The molecule has 0 aromatic rings. The van der Waals surface area contributed by atoms with Gasteiger partial charge in [0.25, 0.3) is 0 Å². The van der Waals surface area contributed by atoms with Crippen LogP contribution >= 0.6 is 7.82 Å². The minimum absolute atomic E-state index is 0. The predicted octanol–water partition coefficient (Wildman–Crippen LogP) is 0.903. The summed E-state index contributed by atoms with van der Waals surface area (Å²) in [4.78, 5) is 16.0. The molecule has 70 valence electrons. The van der Waals surface area contributed by atoms with Crippen LogP contribution in [0.3, 0.4) is 0 Å². The van der Waals surface area contributed by atoms with Crippen molar-refractivity contribution in [2.75, 3.05) is 6.61 Å². The van der Waals surface area contributed by atoms with Gasteiger partial charge in [-0.2, -0.15) is 0 Å². The molecule has 0 aromatic carbocycles. The van der Waals surface area contributed by atoms with E-state index in [0.29, 0.717) is 0 Å². The predicted molar refractivity (Wildman–Crippen MR) is 38.3 cm³/mol. The molecule has 0 rings (SSSR count). The Labute approximate surface area is 63.5 Å². The Morgan fingerprint density at radius 1 is 1.45 bits per heavy atom. The topological polar surface area (TPSA) is 137 Å². The van der Waals surface area contributed by atoms with Crippen LogP contribution in [0.25, 0.3) is 0 Å². The fourth-order valence-electron chi connectivity index (χ4n) is 0.176. The van der Waals surface area contributed by atoms with Crippen LogP contribution < -0.4 is 12.3 Å². The zero-order valence-electron chi connectivity index (χ0n) is 5.81. The summed E-state index contributed by atoms with van der Waals surface area (Å²) in [6, 6.07) is 0. The van der Waals surface area contributed by atoms with E-state index in [1.807, 2.05) is 0 Å². The monoisotopic (exact) mass is 190 g/mol. The first-order valence-corrected chi connectivity index (χ1v) is 3.54. The molecule has 0 atom stereocenters. The van der Waals surface area contributed by atoms with Gasteiger partial charge in [-0.25, -0.2) is 8.96 Å². The van der Waals surface area contributed by atoms with E-state index in [9.17, 15) is 8.96 Å². The number of hydrogen-bond acceptors (Lipinski definition) is 4. The summed E-state index contributed by atoms with van der Waals surface area (Å²) in [7, 11) is -4.41. The lowest BCUT2D eigenvalue weighted by atomic mass is 10.7. The second-order valence-electron chi connectivity index (χ2n) is 1.15. The number of rotatable bonds is 3. The minimum Gasteiger partial charge on any atom is -0.344 e. The van der Waals surface area contributed by atoms with Crippen molar-refractivity contribution < 1.29 is 23.3 Å². The molecule has 6 nitrogen and oxygen atoms in total. The summed E-state index contributed by atoms with van der Waals surface area (Å²) in [5.74, 6) is 0. The second kappa shape index (κ2) is 7.80. The molecule has 11 heavy (non-hydrogen) atoms. The van der Waals surface area contributed by atoms with E-state index in [-0.39, 0.29) is 18.6 Å². The van der Waals surface area contributed by atoms with E-state index in [4.69, 9.17) is 9.79 Å². The summed E-state index contributed by atoms with van der Waals surface area (Å²) in [5.41, 5.74) is 0. The van der Waals surface area contributed by atoms with Crippen molar-refractivity contribution in [1.29, 1.82) is 0 Å². The van der Waals surface area contributed by atoms with Gasteiger partial charge in [-0.1, -0.05) is 0 Å². The highest BCUT2D eigenvalue weighted by Crippen LogP contribution is 2.35. The number of phosphoric acid groups is 1. The molecule has 0 radical (unpaired) electrons. The molecule has 0 aliphatic heterocycles. The molecule has 0 saturated carbocycles. The van der Waals surface area contributed by atoms with Gasteiger partial charge in [-0.05, 0) is 6.08 Å². The molecule has 0 aromatic heterocycles. The van der Waals surface area contributed by atoms with Crippen LogP contribution in [0, 0.1) is 0 Å². The Morgan fingerprint density at radius 3 is 2.18 bits per heavy atom. The first kappa shape index (κ1) is 17.0. The molecule has 0 unspecified atom stereocenters. The highest BCUT2D eigenvalue weighted by molar-refractivity contribution is 7.46. The van der Waals surface area contributed by atoms with Crippen molar-refractivity contribution in [3.63, 3.8) is 0 Å². The van der Waals surface area contributed by atoms with Crippen molar-refractivity contribution in [3.8, 4) is 0 Å². The molecular weight excluding hydrogens is 178 g/mol. The van der Waals surface area contributed by atoms with Gasteiger partial charge in [0.2, 0.25) is 0 Å². The van der Waals surface area contributed by atoms with Crippen molar-refractivity contribution in [3.05, 3.63) is 12.4 Å². The van der Waals surface area contributed by atoms with Gasteiger partial charge >= 0.3 is 7.82 Å². The first-order chi connectivity index (χ1) is 4.06. The molecule has 0 fully saturated rings. The summed E-state index contributed by atoms with van der Waals surface area (Å²) in [6.45, 7) is -0.416. The molecule has 8 N–H and O–H groups in total. The van der Waals surface area contributed by atoms with Crippen LogP contribution in [0.4, 0.5) is 4.39 Å². The maximum Gasteiger partial charge on any atom is 0.469 e. The van der Waals surface area contributed by atoms with Crippen LogP contribution in [0.15, 0.2) is 12.4 Å². The fourth-order valence-corrected chi connectivity index (χ4v) is 0.457. The smallest absolute Gasteiger partial charge is 0.344 e. The Hall–Kier alpha value is -0.300. The Kier molecular flexibility index (Phi) is 12.0. The molecule has 0 aliphatic rings. The zero-order chi connectivity index (χ0) is 7.33. The van der Waals surface area contributed by atoms with E-state index < -0.39 is 14.4 Å². The van der Waals surface area contributed by atoms with Crippen LogP contribution in [0.2, 0.25) is 0 Å². The molecule has 0 saturated heterocycles. The molecule has 0 bridgehead atoms. The number of phosphoric ester groups is 1. The molecule has 8 heteroatoms. The Bertz CT molecular complexity index is 146. The third-order valence-corrected chi connectivity index (χ3v) is 0.913.